The van der Waals surface area contributed by atoms with Crippen LogP contribution in [-0.4, -0.2) is 38.8 Å². The Morgan fingerprint density at radius 3 is 2.68 bits per heavy atom. The second kappa shape index (κ2) is 10.6. The SMILES string of the molecule is CC#CCN1CCCC1c1cc(-c2ccc(C(=O)Nc3cc(C(F)(F)F)ccn3)cc2)cc2cncnc12. The first-order chi connectivity index (χ1) is 18.3. The number of carbonyl (C=O) groups excluding carboxylic acids is 1. The highest BCUT2D eigenvalue weighted by Crippen LogP contribution is 2.37. The van der Waals surface area contributed by atoms with Gasteiger partial charge in [0.05, 0.1) is 17.6 Å². The fourth-order valence-electron chi connectivity index (χ4n) is 4.78. The van der Waals surface area contributed by atoms with Crippen LogP contribution in [0.15, 0.2) is 67.3 Å². The number of fused-ring (bicyclic) bond motifs is 1. The molecule has 3 heterocycles. The van der Waals surface area contributed by atoms with E-state index < -0.39 is 17.6 Å². The van der Waals surface area contributed by atoms with E-state index in [9.17, 15) is 18.0 Å². The molecule has 0 spiro atoms. The molecule has 0 bridgehead atoms. The maximum Gasteiger partial charge on any atom is 0.416 e. The second-order valence-electron chi connectivity index (χ2n) is 9.04. The van der Waals surface area contributed by atoms with Gasteiger partial charge in [-0.1, -0.05) is 18.1 Å². The van der Waals surface area contributed by atoms with Gasteiger partial charge in [0.25, 0.3) is 5.91 Å². The van der Waals surface area contributed by atoms with Crippen LogP contribution in [0, 0.1) is 11.8 Å². The molecule has 1 atom stereocenters. The molecule has 6 nitrogen and oxygen atoms in total. The average molecular weight is 516 g/mol. The zero-order chi connectivity index (χ0) is 26.7. The van der Waals surface area contributed by atoms with Crippen LogP contribution in [0.5, 0.6) is 0 Å². The van der Waals surface area contributed by atoms with Gasteiger partial charge in [-0.25, -0.2) is 15.0 Å². The van der Waals surface area contributed by atoms with E-state index in [0.717, 1.165) is 65.3 Å². The predicted octanol–water partition coefficient (Wildman–Crippen LogP) is 6.12. The molecule has 0 radical (unpaired) electrons. The molecule has 9 heteroatoms. The Morgan fingerprint density at radius 2 is 1.92 bits per heavy atom. The van der Waals surface area contributed by atoms with Gasteiger partial charge in [0.1, 0.15) is 12.1 Å². The molecule has 38 heavy (non-hydrogen) atoms. The summed E-state index contributed by atoms with van der Waals surface area (Å²) in [5.41, 5.74) is 3.31. The molecule has 192 valence electrons. The van der Waals surface area contributed by atoms with Crippen molar-refractivity contribution >= 4 is 22.6 Å². The molecule has 2 aromatic carbocycles. The minimum Gasteiger partial charge on any atom is -0.307 e. The number of hydrogen-bond donors (Lipinski definition) is 1. The zero-order valence-corrected chi connectivity index (χ0v) is 20.6. The summed E-state index contributed by atoms with van der Waals surface area (Å²) in [4.78, 5) is 27.7. The molecule has 1 unspecified atom stereocenters. The first-order valence-electron chi connectivity index (χ1n) is 12.2. The highest BCUT2D eigenvalue weighted by atomic mass is 19.4. The molecule has 4 aromatic rings. The van der Waals surface area contributed by atoms with Crippen LogP contribution in [0.2, 0.25) is 0 Å². The molecular formula is C29H24F3N5O. The fourth-order valence-corrected chi connectivity index (χ4v) is 4.78. The number of hydrogen-bond acceptors (Lipinski definition) is 5. The number of alkyl halides is 3. The largest absolute Gasteiger partial charge is 0.416 e. The van der Waals surface area contributed by atoms with Gasteiger partial charge in [-0.15, -0.1) is 5.92 Å². The summed E-state index contributed by atoms with van der Waals surface area (Å²) in [7, 11) is 0. The van der Waals surface area contributed by atoms with Crippen molar-refractivity contribution in [3.63, 3.8) is 0 Å². The summed E-state index contributed by atoms with van der Waals surface area (Å²) >= 11 is 0. The van der Waals surface area contributed by atoms with Crippen LogP contribution in [0.3, 0.4) is 0 Å². The van der Waals surface area contributed by atoms with Gasteiger partial charge in [-0.2, -0.15) is 13.2 Å². The summed E-state index contributed by atoms with van der Waals surface area (Å²) in [6, 6.07) is 12.9. The van der Waals surface area contributed by atoms with Gasteiger partial charge >= 0.3 is 6.18 Å². The number of anilines is 1. The summed E-state index contributed by atoms with van der Waals surface area (Å²) in [5.74, 6) is 5.44. The molecule has 1 N–H and O–H groups in total. The van der Waals surface area contributed by atoms with E-state index in [1.165, 1.54) is 0 Å². The third-order valence-corrected chi connectivity index (χ3v) is 6.63. The Morgan fingerprint density at radius 1 is 1.11 bits per heavy atom. The Kier molecular flexibility index (Phi) is 7.07. The number of carbonyl (C=O) groups is 1. The smallest absolute Gasteiger partial charge is 0.307 e. The summed E-state index contributed by atoms with van der Waals surface area (Å²) in [6.07, 6.45) is 1.94. The minimum absolute atomic E-state index is 0.165. The summed E-state index contributed by atoms with van der Waals surface area (Å²) in [5, 5.41) is 3.36. The molecule has 1 saturated heterocycles. The lowest BCUT2D eigenvalue weighted by atomic mass is 9.94. The minimum atomic E-state index is -4.52. The van der Waals surface area contributed by atoms with E-state index in [1.54, 1.807) is 24.7 Å². The molecule has 1 aliphatic rings. The third kappa shape index (κ3) is 5.36. The van der Waals surface area contributed by atoms with Crippen LogP contribution in [-0.2, 0) is 6.18 Å². The van der Waals surface area contributed by atoms with Crippen molar-refractivity contribution in [3.8, 4) is 23.0 Å². The molecule has 1 fully saturated rings. The number of rotatable bonds is 5. The Bertz CT molecular complexity index is 1540. The zero-order valence-electron chi connectivity index (χ0n) is 20.6. The van der Waals surface area contributed by atoms with Crippen molar-refractivity contribution in [1.82, 2.24) is 19.9 Å². The van der Waals surface area contributed by atoms with Crippen molar-refractivity contribution in [2.24, 2.45) is 0 Å². The molecular weight excluding hydrogens is 491 g/mol. The fraction of sp³-hybridized carbons (Fsp3) is 0.241. The second-order valence-corrected chi connectivity index (χ2v) is 9.04. The quantitative estimate of drug-likeness (QED) is 0.324. The molecule has 0 aliphatic carbocycles. The molecule has 1 aliphatic heterocycles. The van der Waals surface area contributed by atoms with Crippen molar-refractivity contribution in [1.29, 1.82) is 0 Å². The van der Waals surface area contributed by atoms with Gasteiger partial charge in [0.2, 0.25) is 0 Å². The number of amides is 1. The lowest BCUT2D eigenvalue weighted by Gasteiger charge is -2.24. The van der Waals surface area contributed by atoms with E-state index in [4.69, 9.17) is 0 Å². The summed E-state index contributed by atoms with van der Waals surface area (Å²) in [6.45, 7) is 3.51. The summed E-state index contributed by atoms with van der Waals surface area (Å²) < 4.78 is 38.9. The molecule has 2 aromatic heterocycles. The number of pyridine rings is 1. The van der Waals surface area contributed by atoms with E-state index >= 15 is 0 Å². The van der Waals surface area contributed by atoms with Gasteiger partial charge in [0.15, 0.2) is 0 Å². The number of nitrogens with zero attached hydrogens (tertiary/aromatic N) is 4. The van der Waals surface area contributed by atoms with Gasteiger partial charge in [-0.3, -0.25) is 9.69 Å². The highest BCUT2D eigenvalue weighted by Gasteiger charge is 2.31. The Labute approximate surface area is 217 Å². The van der Waals surface area contributed by atoms with Crippen molar-refractivity contribution in [2.45, 2.75) is 32.0 Å². The monoisotopic (exact) mass is 515 g/mol. The lowest BCUT2D eigenvalue weighted by Crippen LogP contribution is -2.24. The van der Waals surface area contributed by atoms with Crippen molar-refractivity contribution < 1.29 is 18.0 Å². The number of halogens is 3. The van der Waals surface area contributed by atoms with E-state index in [2.05, 4.69) is 43.1 Å². The van der Waals surface area contributed by atoms with E-state index in [0.29, 0.717) is 12.1 Å². The molecule has 1 amide bonds. The maximum atomic E-state index is 13.0. The first-order valence-corrected chi connectivity index (χ1v) is 12.2. The number of likely N-dealkylation sites (tertiary alicyclic amines) is 1. The van der Waals surface area contributed by atoms with Crippen LogP contribution < -0.4 is 5.32 Å². The van der Waals surface area contributed by atoms with Crippen molar-refractivity contribution in [3.05, 3.63) is 83.9 Å². The van der Waals surface area contributed by atoms with Crippen LogP contribution in [0.1, 0.15) is 47.3 Å². The first kappa shape index (κ1) is 25.4. The molecule has 0 saturated carbocycles. The average Bonchev–Trinajstić information content (AvgIpc) is 3.39. The molecule has 5 rings (SSSR count). The maximum absolute atomic E-state index is 13.0. The topological polar surface area (TPSA) is 71.0 Å². The normalized spacial score (nSPS) is 15.7. The number of nitrogens with one attached hydrogen (secondary N) is 1. The van der Waals surface area contributed by atoms with Crippen LogP contribution in [0.4, 0.5) is 19.0 Å². The van der Waals surface area contributed by atoms with Crippen LogP contribution in [0.25, 0.3) is 22.0 Å². The lowest BCUT2D eigenvalue weighted by molar-refractivity contribution is -0.137. The Hall–Kier alpha value is -4.29. The van der Waals surface area contributed by atoms with E-state index in [1.807, 2.05) is 25.1 Å². The van der Waals surface area contributed by atoms with Gasteiger partial charge in [0, 0.05) is 29.4 Å². The third-order valence-electron chi connectivity index (χ3n) is 6.63. The van der Waals surface area contributed by atoms with Gasteiger partial charge in [-0.05, 0) is 79.4 Å². The standard InChI is InChI=1S/C29H24F3N5O/c1-2-3-12-37-13-4-5-25(37)24-15-21(14-22-17-33-18-35-27(22)24)19-6-8-20(9-7-19)28(38)36-26-16-23(10-11-34-26)29(30,31)32/h6-11,14-18,25H,4-5,12-13H2,1H3,(H,34,36,38). The van der Waals surface area contributed by atoms with Crippen molar-refractivity contribution in [2.75, 3.05) is 18.4 Å². The highest BCUT2D eigenvalue weighted by molar-refractivity contribution is 6.04. The Balaban J connectivity index is 1.42. The van der Waals surface area contributed by atoms with Gasteiger partial charge < -0.3 is 5.32 Å². The van der Waals surface area contributed by atoms with E-state index in [-0.39, 0.29) is 11.9 Å². The number of aromatic nitrogens is 3. The van der Waals surface area contributed by atoms with Crippen LogP contribution >= 0.6 is 0 Å². The predicted molar refractivity (Wildman–Crippen MR) is 139 cm³/mol. The number of benzene rings is 2.